The Morgan fingerprint density at radius 3 is 2.89 bits per heavy atom. The second-order valence-electron chi connectivity index (χ2n) is 5.23. The van der Waals surface area contributed by atoms with Crippen LogP contribution in [-0.4, -0.2) is 24.0 Å². The summed E-state index contributed by atoms with van der Waals surface area (Å²) in [7, 11) is 0. The van der Waals surface area contributed by atoms with Crippen LogP contribution in [0, 0.1) is 5.92 Å². The zero-order chi connectivity index (χ0) is 13.1. The molecule has 19 heavy (non-hydrogen) atoms. The van der Waals surface area contributed by atoms with E-state index < -0.39 is 0 Å². The Hall–Kier alpha value is 0.200. The first-order chi connectivity index (χ1) is 8.56. The number of piperidine rings is 1. The lowest BCUT2D eigenvalue weighted by Gasteiger charge is -2.34. The Kier molecular flexibility index (Phi) is 7.12. The summed E-state index contributed by atoms with van der Waals surface area (Å²) in [6.45, 7) is 5.36. The van der Waals surface area contributed by atoms with Gasteiger partial charge < -0.3 is 5.73 Å². The predicted octanol–water partition coefficient (Wildman–Crippen LogP) is 4.08. The van der Waals surface area contributed by atoms with Gasteiger partial charge in [0.05, 0.1) is 0 Å². The number of halogens is 3. The maximum absolute atomic E-state index is 6.02. The summed E-state index contributed by atoms with van der Waals surface area (Å²) in [5.74, 6) is 0.629. The number of rotatable bonds is 3. The molecular weight excluding hydrogens is 347 g/mol. The highest BCUT2D eigenvalue weighted by atomic mass is 79.9. The van der Waals surface area contributed by atoms with E-state index in [2.05, 4.69) is 33.8 Å². The van der Waals surface area contributed by atoms with E-state index in [1.165, 1.54) is 18.4 Å². The fourth-order valence-corrected chi connectivity index (χ4v) is 3.36. The molecule has 0 aromatic heterocycles. The van der Waals surface area contributed by atoms with Crippen molar-refractivity contribution in [1.29, 1.82) is 0 Å². The average molecular weight is 368 g/mol. The monoisotopic (exact) mass is 366 g/mol. The molecule has 1 heterocycles. The van der Waals surface area contributed by atoms with Gasteiger partial charge in [-0.2, -0.15) is 0 Å². The van der Waals surface area contributed by atoms with Gasteiger partial charge in [0, 0.05) is 28.6 Å². The van der Waals surface area contributed by atoms with Gasteiger partial charge in [-0.25, -0.2) is 0 Å². The van der Waals surface area contributed by atoms with Gasteiger partial charge in [0.25, 0.3) is 0 Å². The van der Waals surface area contributed by atoms with Crippen molar-refractivity contribution in [2.24, 2.45) is 11.7 Å². The molecule has 0 bridgehead atoms. The van der Waals surface area contributed by atoms with Gasteiger partial charge in [0.1, 0.15) is 0 Å². The molecule has 2 rings (SSSR count). The van der Waals surface area contributed by atoms with E-state index in [1.807, 2.05) is 12.1 Å². The normalized spacial score (nSPS) is 21.8. The lowest BCUT2D eigenvalue weighted by Crippen LogP contribution is -2.41. The second kappa shape index (κ2) is 7.84. The molecule has 108 valence electrons. The van der Waals surface area contributed by atoms with Crippen molar-refractivity contribution in [3.8, 4) is 0 Å². The van der Waals surface area contributed by atoms with Crippen LogP contribution in [0.2, 0.25) is 5.02 Å². The Labute approximate surface area is 135 Å². The molecule has 2 unspecified atom stereocenters. The Bertz CT molecular complexity index is 412. The zero-order valence-electron chi connectivity index (χ0n) is 11.1. The number of nitrogens with two attached hydrogens (primary N) is 1. The molecule has 2 N–H and O–H groups in total. The first-order valence-electron chi connectivity index (χ1n) is 6.48. The number of benzene rings is 1. The first-order valence-corrected chi connectivity index (χ1v) is 7.65. The topological polar surface area (TPSA) is 29.3 Å². The van der Waals surface area contributed by atoms with Crippen molar-refractivity contribution in [2.45, 2.75) is 32.4 Å². The molecule has 2 nitrogen and oxygen atoms in total. The van der Waals surface area contributed by atoms with Gasteiger partial charge >= 0.3 is 0 Å². The van der Waals surface area contributed by atoms with Crippen LogP contribution in [0.15, 0.2) is 22.7 Å². The van der Waals surface area contributed by atoms with Crippen molar-refractivity contribution in [3.63, 3.8) is 0 Å². The maximum atomic E-state index is 6.02. The third-order valence-electron chi connectivity index (χ3n) is 3.69. The van der Waals surface area contributed by atoms with Crippen molar-refractivity contribution in [3.05, 3.63) is 33.3 Å². The summed E-state index contributed by atoms with van der Waals surface area (Å²) in [4.78, 5) is 2.49. The van der Waals surface area contributed by atoms with Crippen LogP contribution < -0.4 is 5.73 Å². The average Bonchev–Trinajstić information content (AvgIpc) is 2.33. The Balaban J connectivity index is 0.00000180. The molecule has 1 saturated heterocycles. The number of hydrogen-bond donors (Lipinski definition) is 1. The summed E-state index contributed by atoms with van der Waals surface area (Å²) >= 11 is 9.55. The zero-order valence-corrected chi connectivity index (χ0v) is 14.3. The quantitative estimate of drug-likeness (QED) is 0.871. The second-order valence-corrected chi connectivity index (χ2v) is 6.52. The number of hydrogen-bond acceptors (Lipinski definition) is 2. The minimum atomic E-state index is 0. The molecule has 0 spiro atoms. The van der Waals surface area contributed by atoms with Crippen LogP contribution >= 0.6 is 39.9 Å². The first kappa shape index (κ1) is 17.3. The molecule has 0 saturated carbocycles. The lowest BCUT2D eigenvalue weighted by molar-refractivity contribution is 0.154. The van der Waals surface area contributed by atoms with Gasteiger partial charge in [-0.1, -0.05) is 33.6 Å². The number of likely N-dealkylation sites (tertiary alicyclic amines) is 1. The molecule has 1 aliphatic rings. The standard InChI is InChI=1S/C14H20BrClN2.ClH/c1-10(17)11-3-2-6-18(8-11)9-12-4-5-13(16)7-14(12)15;/h4-5,7,10-11H,2-3,6,8-9,17H2,1H3;1H. The lowest BCUT2D eigenvalue weighted by atomic mass is 9.92. The summed E-state index contributed by atoms with van der Waals surface area (Å²) in [5, 5.41) is 0.776. The van der Waals surface area contributed by atoms with Crippen LogP contribution in [0.3, 0.4) is 0 Å². The fraction of sp³-hybridized carbons (Fsp3) is 0.571. The van der Waals surface area contributed by atoms with E-state index in [0.717, 1.165) is 29.1 Å². The van der Waals surface area contributed by atoms with Crippen LogP contribution in [0.5, 0.6) is 0 Å². The molecular formula is C14H21BrCl2N2. The fourth-order valence-electron chi connectivity index (χ4n) is 2.55. The van der Waals surface area contributed by atoms with E-state index in [0.29, 0.717) is 12.0 Å². The van der Waals surface area contributed by atoms with Gasteiger partial charge in [-0.15, -0.1) is 12.4 Å². The Morgan fingerprint density at radius 2 is 2.26 bits per heavy atom. The van der Waals surface area contributed by atoms with Crippen LogP contribution in [-0.2, 0) is 6.54 Å². The third-order valence-corrected chi connectivity index (χ3v) is 4.67. The molecule has 1 fully saturated rings. The molecule has 1 aromatic carbocycles. The molecule has 1 aliphatic heterocycles. The predicted molar refractivity (Wildman–Crippen MR) is 88.1 cm³/mol. The van der Waals surface area contributed by atoms with Crippen molar-refractivity contribution < 1.29 is 0 Å². The van der Waals surface area contributed by atoms with Crippen LogP contribution in [0.25, 0.3) is 0 Å². The van der Waals surface area contributed by atoms with Crippen molar-refractivity contribution in [1.82, 2.24) is 4.90 Å². The molecule has 2 atom stereocenters. The Morgan fingerprint density at radius 1 is 1.53 bits per heavy atom. The highest BCUT2D eigenvalue weighted by Gasteiger charge is 2.22. The van der Waals surface area contributed by atoms with Crippen molar-refractivity contribution >= 4 is 39.9 Å². The van der Waals surface area contributed by atoms with E-state index in [-0.39, 0.29) is 12.4 Å². The molecule has 0 radical (unpaired) electrons. The molecule has 1 aromatic rings. The van der Waals surface area contributed by atoms with Gasteiger partial charge in [-0.05, 0) is 49.9 Å². The van der Waals surface area contributed by atoms with E-state index in [4.69, 9.17) is 17.3 Å². The summed E-state index contributed by atoms with van der Waals surface area (Å²) in [6.07, 6.45) is 2.51. The summed E-state index contributed by atoms with van der Waals surface area (Å²) in [5.41, 5.74) is 7.32. The minimum Gasteiger partial charge on any atom is -0.328 e. The molecule has 5 heteroatoms. The van der Waals surface area contributed by atoms with E-state index in [9.17, 15) is 0 Å². The molecule has 0 aliphatic carbocycles. The minimum absolute atomic E-state index is 0. The largest absolute Gasteiger partial charge is 0.328 e. The van der Waals surface area contributed by atoms with Crippen LogP contribution in [0.1, 0.15) is 25.3 Å². The number of nitrogens with zero attached hydrogens (tertiary/aromatic N) is 1. The van der Waals surface area contributed by atoms with Gasteiger partial charge in [-0.3, -0.25) is 4.90 Å². The highest BCUT2D eigenvalue weighted by molar-refractivity contribution is 9.10. The smallest absolute Gasteiger partial charge is 0.0417 e. The molecule has 0 amide bonds. The van der Waals surface area contributed by atoms with Gasteiger partial charge in [0.15, 0.2) is 0 Å². The summed E-state index contributed by atoms with van der Waals surface area (Å²) in [6, 6.07) is 6.31. The summed E-state index contributed by atoms with van der Waals surface area (Å²) < 4.78 is 1.10. The maximum Gasteiger partial charge on any atom is 0.0417 e. The van der Waals surface area contributed by atoms with Gasteiger partial charge in [0.2, 0.25) is 0 Å². The third kappa shape index (κ3) is 4.91. The SMILES string of the molecule is CC(N)C1CCCN(Cc2ccc(Cl)cc2Br)C1.Cl. The van der Waals surface area contributed by atoms with Crippen LogP contribution in [0.4, 0.5) is 0 Å². The van der Waals surface area contributed by atoms with Crippen molar-refractivity contribution in [2.75, 3.05) is 13.1 Å². The van der Waals surface area contributed by atoms with E-state index in [1.54, 1.807) is 0 Å². The van der Waals surface area contributed by atoms with E-state index >= 15 is 0 Å². The highest BCUT2D eigenvalue weighted by Crippen LogP contribution is 2.25.